The number of furan rings is 1. The highest BCUT2D eigenvalue weighted by Crippen LogP contribution is 2.43. The van der Waals surface area contributed by atoms with Gasteiger partial charge < -0.3 is 14.2 Å². The predicted molar refractivity (Wildman–Crippen MR) is 140 cm³/mol. The number of fused-ring (bicyclic) bond motifs is 3. The van der Waals surface area contributed by atoms with E-state index in [2.05, 4.69) is 26.1 Å². The van der Waals surface area contributed by atoms with E-state index in [1.165, 1.54) is 6.26 Å². The van der Waals surface area contributed by atoms with E-state index in [-0.39, 0.29) is 56.3 Å². The van der Waals surface area contributed by atoms with Crippen LogP contribution in [0.3, 0.4) is 0 Å². The fraction of sp³-hybridized carbons (Fsp3) is 0.300. The zero-order valence-electron chi connectivity index (χ0n) is 21.4. The second-order valence-corrected chi connectivity index (χ2v) is 11.4. The molecule has 0 atom stereocenters. The van der Waals surface area contributed by atoms with Crippen molar-refractivity contribution in [2.24, 2.45) is 5.41 Å². The summed E-state index contributed by atoms with van der Waals surface area (Å²) in [6, 6.07) is 12.0. The number of carbonyl (C=O) groups excluding carboxylic acids is 2. The van der Waals surface area contributed by atoms with E-state index in [1.54, 1.807) is 36.4 Å². The lowest BCUT2D eigenvalue weighted by molar-refractivity contribution is 0.0961. The topological polar surface area (TPSA) is 89.5 Å². The third-order valence-corrected chi connectivity index (χ3v) is 6.38. The van der Waals surface area contributed by atoms with Gasteiger partial charge in [0.1, 0.15) is 11.8 Å². The van der Waals surface area contributed by atoms with E-state index in [0.29, 0.717) is 16.5 Å². The zero-order chi connectivity index (χ0) is 26.0. The Morgan fingerprint density at radius 1 is 0.833 bits per heavy atom. The molecule has 184 valence electrons. The number of anilines is 1. The summed E-state index contributed by atoms with van der Waals surface area (Å²) in [6.07, 6.45) is 2.11. The summed E-state index contributed by atoms with van der Waals surface area (Å²) in [5.74, 6) is -0.594. The van der Waals surface area contributed by atoms with Crippen LogP contribution in [-0.2, 0) is 0 Å². The van der Waals surface area contributed by atoms with Crippen molar-refractivity contribution in [3.63, 3.8) is 0 Å². The first kappa shape index (κ1) is 23.8. The van der Waals surface area contributed by atoms with Gasteiger partial charge in [-0.05, 0) is 44.7 Å². The molecule has 0 saturated carbocycles. The third-order valence-electron chi connectivity index (χ3n) is 6.38. The molecule has 0 aliphatic heterocycles. The van der Waals surface area contributed by atoms with Gasteiger partial charge in [0.05, 0.1) is 22.1 Å². The van der Waals surface area contributed by atoms with Crippen LogP contribution in [0.4, 0.5) is 5.88 Å². The molecular formula is C30H29NO5. The van der Waals surface area contributed by atoms with Crippen LogP contribution < -0.4 is 10.7 Å². The highest BCUT2D eigenvalue weighted by atomic mass is 16.4. The van der Waals surface area contributed by atoms with Crippen molar-refractivity contribution in [1.29, 1.82) is 0 Å². The molecule has 1 aliphatic rings. The maximum absolute atomic E-state index is 13.7. The summed E-state index contributed by atoms with van der Waals surface area (Å²) in [6.45, 7) is 12.3. The molecule has 5 rings (SSSR count). The molecule has 0 radical (unpaired) electrons. The molecule has 2 aromatic heterocycles. The van der Waals surface area contributed by atoms with E-state index in [1.807, 2.05) is 26.8 Å². The largest absolute Gasteiger partial charge is 0.463 e. The Morgan fingerprint density at radius 3 is 2.17 bits per heavy atom. The molecule has 1 N–H and O–H groups in total. The lowest BCUT2D eigenvalue weighted by Crippen LogP contribution is -2.35. The van der Waals surface area contributed by atoms with Gasteiger partial charge in [0.25, 0.3) is 0 Å². The fourth-order valence-electron chi connectivity index (χ4n) is 5.38. The molecule has 6 heteroatoms. The standard InChI is InChI=1S/C30H29NO5/c1-16-11-12-21-19(13-16)24(32)20(14-35-21)22-23-25(33)17-9-7-8-10-18(17)26(34)27(23)36-28(22)31-30(5,6)15-29(2,3)4/h7-14,31H,15H2,1-6H3. The van der Waals surface area contributed by atoms with Gasteiger partial charge in [-0.2, -0.15) is 0 Å². The van der Waals surface area contributed by atoms with Crippen molar-refractivity contribution in [2.75, 3.05) is 5.32 Å². The van der Waals surface area contributed by atoms with E-state index in [4.69, 9.17) is 8.83 Å². The normalized spacial score (nSPS) is 13.6. The van der Waals surface area contributed by atoms with Gasteiger partial charge in [0, 0.05) is 16.7 Å². The number of carbonyl (C=O) groups is 2. The Labute approximate surface area is 209 Å². The Bertz CT molecular complexity index is 1610. The van der Waals surface area contributed by atoms with Crippen molar-refractivity contribution in [3.05, 3.63) is 87.0 Å². The van der Waals surface area contributed by atoms with Gasteiger partial charge in [0.15, 0.2) is 11.5 Å². The average molecular weight is 484 g/mol. The summed E-state index contributed by atoms with van der Waals surface area (Å²) in [4.78, 5) is 40.8. The van der Waals surface area contributed by atoms with Crippen LogP contribution in [0.25, 0.3) is 22.1 Å². The Morgan fingerprint density at radius 2 is 1.50 bits per heavy atom. The van der Waals surface area contributed by atoms with E-state index in [0.717, 1.165) is 12.0 Å². The Hall–Kier alpha value is -3.93. The first-order chi connectivity index (χ1) is 16.9. The lowest BCUT2D eigenvalue weighted by Gasteiger charge is -2.33. The van der Waals surface area contributed by atoms with Crippen molar-refractivity contribution < 1.29 is 18.4 Å². The molecule has 2 aromatic carbocycles. The van der Waals surface area contributed by atoms with Crippen LogP contribution in [0.5, 0.6) is 0 Å². The number of hydrogen-bond acceptors (Lipinski definition) is 6. The second kappa shape index (κ2) is 8.05. The fourth-order valence-corrected chi connectivity index (χ4v) is 5.38. The van der Waals surface area contributed by atoms with Gasteiger partial charge in [-0.3, -0.25) is 14.4 Å². The maximum Gasteiger partial charge on any atom is 0.229 e. The molecule has 6 nitrogen and oxygen atoms in total. The number of aryl methyl sites for hydroxylation is 1. The minimum Gasteiger partial charge on any atom is -0.463 e. The number of nitrogens with one attached hydrogen (secondary N) is 1. The van der Waals surface area contributed by atoms with Crippen LogP contribution >= 0.6 is 0 Å². The van der Waals surface area contributed by atoms with Gasteiger partial charge in [-0.25, -0.2) is 0 Å². The minimum atomic E-state index is -0.472. The smallest absolute Gasteiger partial charge is 0.229 e. The Kier molecular flexibility index (Phi) is 5.32. The van der Waals surface area contributed by atoms with Crippen LogP contribution in [0.2, 0.25) is 0 Å². The molecular weight excluding hydrogens is 454 g/mol. The summed E-state index contributed by atoms with van der Waals surface area (Å²) in [7, 11) is 0. The summed E-state index contributed by atoms with van der Waals surface area (Å²) < 4.78 is 11.9. The molecule has 4 aromatic rings. The molecule has 0 amide bonds. The quantitative estimate of drug-likeness (QED) is 0.304. The minimum absolute atomic E-state index is 0.00967. The molecule has 0 unspecified atom stereocenters. The van der Waals surface area contributed by atoms with Crippen LogP contribution in [-0.4, -0.2) is 17.1 Å². The molecule has 0 saturated heterocycles. The number of rotatable bonds is 4. The van der Waals surface area contributed by atoms with Crippen molar-refractivity contribution in [2.45, 2.75) is 53.5 Å². The first-order valence-corrected chi connectivity index (χ1v) is 12.0. The molecule has 2 heterocycles. The molecule has 0 spiro atoms. The van der Waals surface area contributed by atoms with E-state index in [9.17, 15) is 14.4 Å². The van der Waals surface area contributed by atoms with Gasteiger partial charge in [-0.1, -0.05) is 56.7 Å². The van der Waals surface area contributed by atoms with Crippen molar-refractivity contribution >= 4 is 28.4 Å². The second-order valence-electron chi connectivity index (χ2n) is 11.4. The van der Waals surface area contributed by atoms with Crippen molar-refractivity contribution in [1.82, 2.24) is 0 Å². The number of hydrogen-bond donors (Lipinski definition) is 1. The van der Waals surface area contributed by atoms with Crippen LogP contribution in [0.1, 0.15) is 78.6 Å². The molecule has 0 bridgehead atoms. The SMILES string of the molecule is Cc1ccc2occ(-c3c(NC(C)(C)CC(C)(C)C)oc4c3C(=O)c3ccccc3C4=O)c(=O)c2c1. The molecule has 0 fully saturated rings. The average Bonchev–Trinajstić information content (AvgIpc) is 3.15. The third kappa shape index (κ3) is 3.96. The number of benzene rings is 2. The van der Waals surface area contributed by atoms with Crippen molar-refractivity contribution in [3.8, 4) is 11.1 Å². The zero-order valence-corrected chi connectivity index (χ0v) is 21.4. The van der Waals surface area contributed by atoms with Gasteiger partial charge >= 0.3 is 0 Å². The first-order valence-electron chi connectivity index (χ1n) is 12.0. The highest BCUT2D eigenvalue weighted by Gasteiger charge is 2.40. The number of ketones is 2. The van der Waals surface area contributed by atoms with Crippen LogP contribution in [0.15, 0.2) is 62.4 Å². The molecule has 1 aliphatic carbocycles. The van der Waals surface area contributed by atoms with E-state index < -0.39 is 5.54 Å². The maximum atomic E-state index is 13.7. The summed E-state index contributed by atoms with van der Waals surface area (Å²) >= 11 is 0. The summed E-state index contributed by atoms with van der Waals surface area (Å²) in [5, 5.41) is 3.80. The summed E-state index contributed by atoms with van der Waals surface area (Å²) in [5.41, 5.74) is 1.68. The molecule has 36 heavy (non-hydrogen) atoms. The lowest BCUT2D eigenvalue weighted by atomic mass is 9.81. The van der Waals surface area contributed by atoms with Gasteiger partial charge in [0.2, 0.25) is 17.1 Å². The monoisotopic (exact) mass is 483 g/mol. The van der Waals surface area contributed by atoms with Crippen LogP contribution in [0, 0.1) is 12.3 Å². The van der Waals surface area contributed by atoms with E-state index >= 15 is 0 Å². The predicted octanol–water partition coefficient (Wildman–Crippen LogP) is 6.76. The highest BCUT2D eigenvalue weighted by molar-refractivity contribution is 6.30. The van der Waals surface area contributed by atoms with Gasteiger partial charge in [-0.15, -0.1) is 0 Å². The Balaban J connectivity index is 1.79.